The Morgan fingerprint density at radius 2 is 1.96 bits per heavy atom. The van der Waals surface area contributed by atoms with Gasteiger partial charge in [-0.3, -0.25) is 4.79 Å². The van der Waals surface area contributed by atoms with E-state index in [0.29, 0.717) is 29.0 Å². The van der Waals surface area contributed by atoms with Crippen LogP contribution < -0.4 is 5.32 Å². The molecule has 25 heavy (non-hydrogen) atoms. The van der Waals surface area contributed by atoms with Crippen molar-refractivity contribution >= 4 is 40.3 Å². The maximum absolute atomic E-state index is 12.2. The molecule has 0 fully saturated rings. The van der Waals surface area contributed by atoms with Gasteiger partial charge in [0.05, 0.1) is 18.5 Å². The molecule has 0 atom stereocenters. The van der Waals surface area contributed by atoms with Gasteiger partial charge in [-0.1, -0.05) is 11.6 Å². The minimum absolute atomic E-state index is 0.0173. The number of carbonyl (C=O) groups excluding carboxylic acids is 2. The number of amides is 1. The number of hydrogen-bond acceptors (Lipinski definition) is 6. The largest absolute Gasteiger partial charge is 0.462 e. The molecule has 8 nitrogen and oxygen atoms in total. The summed E-state index contributed by atoms with van der Waals surface area (Å²) in [5.74, 6) is -0.667. The van der Waals surface area contributed by atoms with Gasteiger partial charge in [0.15, 0.2) is 10.8 Å². The van der Waals surface area contributed by atoms with Crippen molar-refractivity contribution in [3.8, 4) is 0 Å². The molecule has 0 saturated carbocycles. The first-order chi connectivity index (χ1) is 12.1. The number of benzene rings is 1. The van der Waals surface area contributed by atoms with Crippen molar-refractivity contribution in [3.05, 3.63) is 47.6 Å². The zero-order chi connectivity index (χ0) is 17.8. The molecule has 0 aliphatic rings. The Labute approximate surface area is 147 Å². The van der Waals surface area contributed by atoms with E-state index in [0.717, 1.165) is 0 Å². The molecule has 2 aromatic heterocycles. The van der Waals surface area contributed by atoms with Crippen LogP contribution in [0.15, 0.2) is 36.9 Å². The van der Waals surface area contributed by atoms with Gasteiger partial charge in [-0.25, -0.2) is 19.7 Å². The van der Waals surface area contributed by atoms with Crippen LogP contribution in [0, 0.1) is 0 Å². The van der Waals surface area contributed by atoms with Gasteiger partial charge in [-0.15, -0.1) is 0 Å². The first kappa shape index (κ1) is 16.8. The van der Waals surface area contributed by atoms with Gasteiger partial charge in [0.2, 0.25) is 5.91 Å². The second-order valence-electron chi connectivity index (χ2n) is 5.06. The lowest BCUT2D eigenvalue weighted by Crippen LogP contribution is -2.18. The van der Waals surface area contributed by atoms with E-state index in [1.807, 2.05) is 0 Å². The maximum Gasteiger partial charge on any atom is 0.338 e. The number of hydrogen-bond donors (Lipinski definition) is 1. The number of nitrogens with one attached hydrogen (secondary N) is 1. The number of aromatic nitrogens is 4. The highest BCUT2D eigenvalue weighted by atomic mass is 35.5. The van der Waals surface area contributed by atoms with Crippen molar-refractivity contribution < 1.29 is 14.3 Å². The van der Waals surface area contributed by atoms with Gasteiger partial charge in [0.25, 0.3) is 0 Å². The van der Waals surface area contributed by atoms with Crippen molar-refractivity contribution in [2.24, 2.45) is 0 Å². The Hall–Kier alpha value is -3.00. The summed E-state index contributed by atoms with van der Waals surface area (Å²) in [6.45, 7) is 2.07. The van der Waals surface area contributed by atoms with Crippen LogP contribution in [-0.2, 0) is 16.1 Å². The van der Waals surface area contributed by atoms with Crippen molar-refractivity contribution in [2.45, 2.75) is 13.5 Å². The summed E-state index contributed by atoms with van der Waals surface area (Å²) in [4.78, 5) is 35.8. The summed E-state index contributed by atoms with van der Waals surface area (Å²) in [5, 5.41) is 2.98. The van der Waals surface area contributed by atoms with Gasteiger partial charge in [0, 0.05) is 5.69 Å². The fraction of sp³-hybridized carbons (Fsp3) is 0.188. The standard InChI is InChI=1S/C16H14ClN5O3/c1-2-25-16(24)10-3-5-11(6-4-10)21-12(23)7-22-9-20-13-14(17)18-8-19-15(13)22/h3-6,8-9H,2,7H2,1H3,(H,21,23). The predicted molar refractivity (Wildman–Crippen MR) is 91.4 cm³/mol. The quantitative estimate of drug-likeness (QED) is 0.554. The van der Waals surface area contributed by atoms with E-state index < -0.39 is 5.97 Å². The number of anilines is 1. The summed E-state index contributed by atoms with van der Waals surface area (Å²) in [5.41, 5.74) is 1.91. The van der Waals surface area contributed by atoms with Crippen molar-refractivity contribution in [2.75, 3.05) is 11.9 Å². The fourth-order valence-electron chi connectivity index (χ4n) is 2.23. The van der Waals surface area contributed by atoms with E-state index >= 15 is 0 Å². The SMILES string of the molecule is CCOC(=O)c1ccc(NC(=O)Cn2cnc3c(Cl)ncnc32)cc1. The van der Waals surface area contributed by atoms with Gasteiger partial charge >= 0.3 is 5.97 Å². The minimum atomic E-state index is -0.401. The molecular weight excluding hydrogens is 346 g/mol. The zero-order valence-electron chi connectivity index (χ0n) is 13.3. The second kappa shape index (κ2) is 7.27. The molecule has 1 amide bonds. The smallest absolute Gasteiger partial charge is 0.338 e. The van der Waals surface area contributed by atoms with Crippen LogP contribution in [0.25, 0.3) is 11.2 Å². The Kier molecular flexibility index (Phi) is 4.90. The molecule has 3 aromatic rings. The van der Waals surface area contributed by atoms with Gasteiger partial charge in [0.1, 0.15) is 18.4 Å². The summed E-state index contributed by atoms with van der Waals surface area (Å²) in [6, 6.07) is 6.45. The highest BCUT2D eigenvalue weighted by Gasteiger charge is 2.12. The third kappa shape index (κ3) is 3.74. The monoisotopic (exact) mass is 359 g/mol. The Morgan fingerprint density at radius 1 is 1.20 bits per heavy atom. The Balaban J connectivity index is 1.68. The van der Waals surface area contributed by atoms with E-state index in [-0.39, 0.29) is 17.6 Å². The molecule has 0 spiro atoms. The number of fused-ring (bicyclic) bond motifs is 1. The van der Waals surface area contributed by atoms with E-state index in [9.17, 15) is 9.59 Å². The van der Waals surface area contributed by atoms with E-state index in [1.54, 1.807) is 35.8 Å². The molecule has 128 valence electrons. The molecule has 3 rings (SSSR count). The van der Waals surface area contributed by atoms with Crippen molar-refractivity contribution in [1.82, 2.24) is 19.5 Å². The first-order valence-corrected chi connectivity index (χ1v) is 7.84. The minimum Gasteiger partial charge on any atom is -0.462 e. The molecule has 0 aliphatic carbocycles. The number of ether oxygens (including phenoxy) is 1. The number of carbonyl (C=O) groups is 2. The summed E-state index contributed by atoms with van der Waals surface area (Å²) >= 11 is 5.93. The molecular formula is C16H14ClN5O3. The number of imidazole rings is 1. The molecule has 0 unspecified atom stereocenters. The lowest BCUT2D eigenvalue weighted by Gasteiger charge is -2.07. The van der Waals surface area contributed by atoms with Crippen LogP contribution in [0.3, 0.4) is 0 Å². The molecule has 9 heteroatoms. The molecule has 0 aliphatic heterocycles. The molecule has 2 heterocycles. The van der Waals surface area contributed by atoms with Crippen LogP contribution in [0.5, 0.6) is 0 Å². The highest BCUT2D eigenvalue weighted by Crippen LogP contribution is 2.17. The van der Waals surface area contributed by atoms with Crippen LogP contribution >= 0.6 is 11.6 Å². The molecule has 0 radical (unpaired) electrons. The van der Waals surface area contributed by atoms with Crippen LogP contribution in [0.4, 0.5) is 5.69 Å². The topological polar surface area (TPSA) is 99.0 Å². The molecule has 0 saturated heterocycles. The van der Waals surface area contributed by atoms with Gasteiger partial charge in [-0.2, -0.15) is 0 Å². The van der Waals surface area contributed by atoms with Gasteiger partial charge in [-0.05, 0) is 31.2 Å². The van der Waals surface area contributed by atoms with Gasteiger partial charge < -0.3 is 14.6 Å². The normalized spacial score (nSPS) is 10.6. The second-order valence-corrected chi connectivity index (χ2v) is 5.41. The maximum atomic E-state index is 12.2. The lowest BCUT2D eigenvalue weighted by atomic mass is 10.2. The predicted octanol–water partition coefficient (Wildman–Crippen LogP) is 2.30. The lowest BCUT2D eigenvalue weighted by molar-refractivity contribution is -0.116. The number of nitrogens with zero attached hydrogens (tertiary/aromatic N) is 4. The Morgan fingerprint density at radius 3 is 2.68 bits per heavy atom. The Bertz CT molecular complexity index is 923. The summed E-state index contributed by atoms with van der Waals surface area (Å²) < 4.78 is 6.48. The molecule has 1 N–H and O–H groups in total. The average molecular weight is 360 g/mol. The summed E-state index contributed by atoms with van der Waals surface area (Å²) in [7, 11) is 0. The highest BCUT2D eigenvalue weighted by molar-refractivity contribution is 6.33. The molecule has 0 bridgehead atoms. The number of rotatable bonds is 5. The van der Waals surface area contributed by atoms with Crippen LogP contribution in [0.2, 0.25) is 5.15 Å². The first-order valence-electron chi connectivity index (χ1n) is 7.47. The van der Waals surface area contributed by atoms with Crippen molar-refractivity contribution in [1.29, 1.82) is 0 Å². The van der Waals surface area contributed by atoms with Crippen LogP contribution in [-0.4, -0.2) is 38.0 Å². The van der Waals surface area contributed by atoms with E-state index in [1.165, 1.54) is 12.7 Å². The molecule has 1 aromatic carbocycles. The van der Waals surface area contributed by atoms with E-state index in [2.05, 4.69) is 20.3 Å². The fourth-order valence-corrected chi connectivity index (χ4v) is 2.40. The zero-order valence-corrected chi connectivity index (χ0v) is 14.0. The third-order valence-electron chi connectivity index (χ3n) is 3.35. The summed E-state index contributed by atoms with van der Waals surface area (Å²) in [6.07, 6.45) is 2.80. The van der Waals surface area contributed by atoms with E-state index in [4.69, 9.17) is 16.3 Å². The number of esters is 1. The number of halogens is 1. The average Bonchev–Trinajstić information content (AvgIpc) is 3.00. The van der Waals surface area contributed by atoms with Crippen LogP contribution in [0.1, 0.15) is 17.3 Å². The third-order valence-corrected chi connectivity index (χ3v) is 3.63. The van der Waals surface area contributed by atoms with Crippen molar-refractivity contribution in [3.63, 3.8) is 0 Å².